The maximum atomic E-state index is 12.1. The number of nitrogens with one attached hydrogen (secondary N) is 1. The van der Waals surface area contributed by atoms with Gasteiger partial charge < -0.3 is 4.57 Å². The summed E-state index contributed by atoms with van der Waals surface area (Å²) in [6, 6.07) is 14.5. The Labute approximate surface area is 198 Å². The standard InChI is InChI=1S/C22H21IN4O3S/c1-14-10-19(6-9-21(14)23)26-15(2)11-17(16(26)3)12-24-25-22(28)13-31-20-7-4-18(5-8-20)27(29)30/h4-12H,13H2,1-3H3,(H,25,28)/b24-12-. The van der Waals surface area contributed by atoms with E-state index in [0.717, 1.165) is 27.5 Å². The number of carbonyl (C=O) groups excluding carboxylic acids is 1. The highest BCUT2D eigenvalue weighted by molar-refractivity contribution is 14.1. The van der Waals surface area contributed by atoms with Gasteiger partial charge in [0.25, 0.3) is 5.69 Å². The monoisotopic (exact) mass is 548 g/mol. The Morgan fingerprint density at radius 2 is 1.90 bits per heavy atom. The third-order valence-electron chi connectivity index (χ3n) is 4.68. The molecular formula is C22H21IN4O3S. The molecule has 0 unspecified atom stereocenters. The third kappa shape index (κ3) is 5.73. The Bertz CT molecular complexity index is 1160. The molecule has 0 aliphatic heterocycles. The number of hydrazone groups is 1. The molecule has 0 saturated carbocycles. The first-order chi connectivity index (χ1) is 14.8. The molecule has 0 atom stereocenters. The molecule has 7 nitrogen and oxygen atoms in total. The molecular weight excluding hydrogens is 527 g/mol. The normalized spacial score (nSPS) is 11.1. The maximum Gasteiger partial charge on any atom is 0.269 e. The average Bonchev–Trinajstić information content (AvgIpc) is 3.02. The number of nitrogens with zero attached hydrogens (tertiary/aromatic N) is 3. The van der Waals surface area contributed by atoms with Crippen molar-refractivity contribution in [3.05, 3.63) is 84.7 Å². The SMILES string of the molecule is Cc1cc(-n2c(C)cc(/C=N\NC(=O)CSc3ccc([N+](=O)[O-])cc3)c2C)ccc1I. The van der Waals surface area contributed by atoms with Gasteiger partial charge in [-0.2, -0.15) is 5.10 Å². The predicted molar refractivity (Wildman–Crippen MR) is 132 cm³/mol. The van der Waals surface area contributed by atoms with Crippen LogP contribution < -0.4 is 5.43 Å². The summed E-state index contributed by atoms with van der Waals surface area (Å²) in [6.07, 6.45) is 1.65. The van der Waals surface area contributed by atoms with Crippen LogP contribution >= 0.6 is 34.4 Å². The van der Waals surface area contributed by atoms with Gasteiger partial charge >= 0.3 is 0 Å². The fourth-order valence-corrected chi connectivity index (χ4v) is 4.13. The molecule has 0 bridgehead atoms. The second kappa shape index (κ2) is 10.1. The number of non-ortho nitro benzene ring substituents is 1. The van der Waals surface area contributed by atoms with Crippen LogP contribution in [0.2, 0.25) is 0 Å². The van der Waals surface area contributed by atoms with E-state index in [4.69, 9.17) is 0 Å². The van der Waals surface area contributed by atoms with Crippen molar-refractivity contribution in [2.24, 2.45) is 5.10 Å². The van der Waals surface area contributed by atoms with Crippen LogP contribution in [0.25, 0.3) is 5.69 Å². The van der Waals surface area contributed by atoms with Gasteiger partial charge in [-0.05, 0) is 85.3 Å². The second-order valence-corrected chi connectivity index (χ2v) is 9.14. The highest BCUT2D eigenvalue weighted by atomic mass is 127. The second-order valence-electron chi connectivity index (χ2n) is 6.93. The molecule has 0 aliphatic rings. The number of aryl methyl sites for hydroxylation is 2. The van der Waals surface area contributed by atoms with Crippen LogP contribution in [-0.2, 0) is 4.79 Å². The number of hydrogen-bond donors (Lipinski definition) is 1. The van der Waals surface area contributed by atoms with E-state index in [1.807, 2.05) is 19.9 Å². The molecule has 2 aromatic carbocycles. The molecule has 0 radical (unpaired) electrons. The number of rotatable bonds is 7. The largest absolute Gasteiger partial charge is 0.318 e. The highest BCUT2D eigenvalue weighted by Gasteiger charge is 2.11. The van der Waals surface area contributed by atoms with Gasteiger partial charge in [-0.25, -0.2) is 5.43 Å². The zero-order valence-corrected chi connectivity index (χ0v) is 20.2. The quantitative estimate of drug-likeness (QED) is 0.145. The van der Waals surface area contributed by atoms with Crippen molar-refractivity contribution >= 4 is 52.2 Å². The Hall–Kier alpha value is -2.66. The lowest BCUT2D eigenvalue weighted by molar-refractivity contribution is -0.384. The Morgan fingerprint density at radius 3 is 2.55 bits per heavy atom. The van der Waals surface area contributed by atoms with Crippen LogP contribution in [0.1, 0.15) is 22.5 Å². The Kier molecular flexibility index (Phi) is 7.50. The summed E-state index contributed by atoms with van der Waals surface area (Å²) >= 11 is 3.61. The lowest BCUT2D eigenvalue weighted by Gasteiger charge is -2.11. The van der Waals surface area contributed by atoms with E-state index in [0.29, 0.717) is 0 Å². The summed E-state index contributed by atoms with van der Waals surface area (Å²) in [5, 5.41) is 14.8. The molecule has 1 N–H and O–H groups in total. The number of amides is 1. The number of thioether (sulfide) groups is 1. The minimum atomic E-state index is -0.452. The fourth-order valence-electron chi connectivity index (χ4n) is 3.10. The van der Waals surface area contributed by atoms with Gasteiger partial charge in [-0.15, -0.1) is 11.8 Å². The van der Waals surface area contributed by atoms with Crippen molar-refractivity contribution in [1.82, 2.24) is 9.99 Å². The zero-order chi connectivity index (χ0) is 22.5. The average molecular weight is 548 g/mol. The topological polar surface area (TPSA) is 89.5 Å². The van der Waals surface area contributed by atoms with Gasteiger partial charge in [0.1, 0.15) is 0 Å². The van der Waals surface area contributed by atoms with Gasteiger partial charge in [-0.1, -0.05) is 0 Å². The maximum absolute atomic E-state index is 12.1. The molecule has 160 valence electrons. The molecule has 1 amide bonds. The van der Waals surface area contributed by atoms with Gasteiger partial charge in [0, 0.05) is 43.2 Å². The minimum Gasteiger partial charge on any atom is -0.318 e. The number of halogens is 1. The lowest BCUT2D eigenvalue weighted by atomic mass is 10.2. The number of aromatic nitrogens is 1. The van der Waals surface area contributed by atoms with Crippen LogP contribution in [-0.4, -0.2) is 27.4 Å². The summed E-state index contributed by atoms with van der Waals surface area (Å²) in [4.78, 5) is 23.1. The zero-order valence-electron chi connectivity index (χ0n) is 17.3. The summed E-state index contributed by atoms with van der Waals surface area (Å²) < 4.78 is 3.39. The molecule has 1 aromatic heterocycles. The van der Waals surface area contributed by atoms with Crippen LogP contribution in [0.5, 0.6) is 0 Å². The fraction of sp³-hybridized carbons (Fsp3) is 0.182. The molecule has 1 heterocycles. The van der Waals surface area contributed by atoms with E-state index in [1.54, 1.807) is 18.3 Å². The van der Waals surface area contributed by atoms with Crippen molar-refractivity contribution in [1.29, 1.82) is 0 Å². The molecule has 0 aliphatic carbocycles. The number of nitro benzene ring substituents is 1. The molecule has 31 heavy (non-hydrogen) atoms. The van der Waals surface area contributed by atoms with Crippen molar-refractivity contribution in [3.8, 4) is 5.69 Å². The third-order valence-corrected chi connectivity index (χ3v) is 6.90. The van der Waals surface area contributed by atoms with E-state index in [-0.39, 0.29) is 17.3 Å². The molecule has 3 aromatic rings. The van der Waals surface area contributed by atoms with E-state index in [1.165, 1.54) is 33.0 Å². The summed E-state index contributed by atoms with van der Waals surface area (Å²) in [5.74, 6) is -0.0857. The minimum absolute atomic E-state index is 0.0244. The van der Waals surface area contributed by atoms with Crippen molar-refractivity contribution in [2.45, 2.75) is 25.7 Å². The van der Waals surface area contributed by atoms with Crippen molar-refractivity contribution < 1.29 is 9.72 Å². The van der Waals surface area contributed by atoms with E-state index in [2.05, 4.69) is 62.8 Å². The van der Waals surface area contributed by atoms with Crippen molar-refractivity contribution in [3.63, 3.8) is 0 Å². The van der Waals surface area contributed by atoms with E-state index < -0.39 is 4.92 Å². The number of carbonyl (C=O) groups is 1. The predicted octanol–water partition coefficient (Wildman–Crippen LogP) is 5.16. The summed E-state index contributed by atoms with van der Waals surface area (Å²) in [5.41, 5.74) is 7.92. The lowest BCUT2D eigenvalue weighted by Crippen LogP contribution is -2.19. The van der Waals surface area contributed by atoms with E-state index >= 15 is 0 Å². The van der Waals surface area contributed by atoms with Crippen molar-refractivity contribution in [2.75, 3.05) is 5.75 Å². The molecule has 0 spiro atoms. The summed E-state index contributed by atoms with van der Waals surface area (Å²) in [6.45, 7) is 6.15. The molecule has 3 rings (SSSR count). The first kappa shape index (κ1) is 23.0. The number of hydrogen-bond acceptors (Lipinski definition) is 5. The Morgan fingerprint density at radius 1 is 1.19 bits per heavy atom. The van der Waals surface area contributed by atoms with Gasteiger partial charge in [0.2, 0.25) is 5.91 Å². The van der Waals surface area contributed by atoms with Crippen LogP contribution in [0.15, 0.2) is 58.5 Å². The Balaban J connectivity index is 1.61. The van der Waals surface area contributed by atoms with Crippen LogP contribution in [0.4, 0.5) is 5.69 Å². The summed E-state index contributed by atoms with van der Waals surface area (Å²) in [7, 11) is 0. The molecule has 9 heteroatoms. The first-order valence-electron chi connectivity index (χ1n) is 9.41. The number of nitro groups is 1. The first-order valence-corrected chi connectivity index (χ1v) is 11.5. The number of benzene rings is 2. The molecule has 0 saturated heterocycles. The van der Waals surface area contributed by atoms with Gasteiger partial charge in [-0.3, -0.25) is 14.9 Å². The van der Waals surface area contributed by atoms with Crippen LogP contribution in [0.3, 0.4) is 0 Å². The van der Waals surface area contributed by atoms with Gasteiger partial charge in [0.15, 0.2) is 0 Å². The van der Waals surface area contributed by atoms with Crippen LogP contribution in [0, 0.1) is 34.5 Å². The smallest absolute Gasteiger partial charge is 0.269 e. The van der Waals surface area contributed by atoms with Gasteiger partial charge in [0.05, 0.1) is 16.9 Å². The molecule has 0 fully saturated rings. The van der Waals surface area contributed by atoms with E-state index in [9.17, 15) is 14.9 Å². The highest BCUT2D eigenvalue weighted by Crippen LogP contribution is 2.23.